The van der Waals surface area contributed by atoms with Crippen molar-refractivity contribution >= 4 is 25.0 Å². The zero-order chi connectivity index (χ0) is 13.5. The Morgan fingerprint density at radius 1 is 1.21 bits per heavy atom. The Kier molecular flexibility index (Phi) is 5.32. The lowest BCUT2D eigenvalue weighted by Crippen LogP contribution is -2.32. The molecule has 0 bridgehead atoms. The zero-order valence-corrected chi connectivity index (χ0v) is 11.8. The molecule has 2 rings (SSSR count). The fourth-order valence-electron chi connectivity index (χ4n) is 2.74. The summed E-state index contributed by atoms with van der Waals surface area (Å²) in [5.74, 6) is 0. The number of hydrogen-bond donors (Lipinski definition) is 0. The van der Waals surface area contributed by atoms with Gasteiger partial charge in [0.05, 0.1) is 0 Å². The predicted octanol–water partition coefficient (Wildman–Crippen LogP) is 4.09. The largest absolute Gasteiger partial charge is 0.174 e. The van der Waals surface area contributed by atoms with E-state index in [2.05, 4.69) is 57.2 Å². The second-order valence-corrected chi connectivity index (χ2v) is 5.10. The van der Waals surface area contributed by atoms with Gasteiger partial charge in [0.25, 0.3) is 0 Å². The van der Waals surface area contributed by atoms with Crippen molar-refractivity contribution < 1.29 is 0 Å². The summed E-state index contributed by atoms with van der Waals surface area (Å²) >= 11 is 0. The second-order valence-electron chi connectivity index (χ2n) is 5.10. The smallest absolute Gasteiger partial charge is 0.0991 e. The van der Waals surface area contributed by atoms with Crippen LogP contribution < -0.4 is 5.46 Å². The van der Waals surface area contributed by atoms with Crippen LogP contribution in [0.15, 0.2) is 55.1 Å². The van der Waals surface area contributed by atoms with E-state index in [9.17, 15) is 0 Å². The molecule has 0 aliphatic carbocycles. The van der Waals surface area contributed by atoms with Crippen LogP contribution in [0.5, 0.6) is 0 Å². The molecule has 1 aromatic carbocycles. The van der Waals surface area contributed by atoms with Crippen LogP contribution in [0, 0.1) is 0 Å². The highest BCUT2D eigenvalue weighted by Crippen LogP contribution is 2.18. The van der Waals surface area contributed by atoms with E-state index in [1.807, 2.05) is 12.2 Å². The summed E-state index contributed by atoms with van der Waals surface area (Å²) in [6.45, 7) is 6.56. The molecule has 2 heteroatoms. The van der Waals surface area contributed by atoms with E-state index in [4.69, 9.17) is 0 Å². The maximum Gasteiger partial charge on any atom is 0.174 e. The van der Waals surface area contributed by atoms with Gasteiger partial charge in [-0.05, 0) is 18.1 Å². The van der Waals surface area contributed by atoms with Gasteiger partial charge in [0.15, 0.2) is 6.71 Å². The van der Waals surface area contributed by atoms with E-state index in [0.29, 0.717) is 0 Å². The second kappa shape index (κ2) is 7.23. The molecule has 1 aromatic rings. The Labute approximate surface area is 118 Å². The van der Waals surface area contributed by atoms with Gasteiger partial charge in [0.1, 0.15) is 7.28 Å². The molecule has 0 spiro atoms. The van der Waals surface area contributed by atoms with Crippen LogP contribution in [0.2, 0.25) is 25.3 Å². The maximum atomic E-state index is 3.72. The molecular formula is C17H21B2. The van der Waals surface area contributed by atoms with E-state index in [-0.39, 0.29) is 0 Å². The number of allylic oxidation sites excluding steroid dienone is 5. The third kappa shape index (κ3) is 3.76. The van der Waals surface area contributed by atoms with Crippen LogP contribution in [0.4, 0.5) is 0 Å². The highest BCUT2D eigenvalue weighted by molar-refractivity contribution is 6.75. The van der Waals surface area contributed by atoms with E-state index in [1.165, 1.54) is 41.9 Å². The molecule has 1 saturated heterocycles. The lowest BCUT2D eigenvalue weighted by molar-refractivity contribution is 1.22. The molecule has 0 aromatic heterocycles. The van der Waals surface area contributed by atoms with Gasteiger partial charge in [0, 0.05) is 0 Å². The van der Waals surface area contributed by atoms with Gasteiger partial charge in [-0.2, -0.15) is 0 Å². The van der Waals surface area contributed by atoms with Crippen LogP contribution in [-0.4, -0.2) is 14.0 Å². The third-order valence-electron chi connectivity index (χ3n) is 3.88. The minimum Gasteiger partial charge on any atom is -0.0991 e. The topological polar surface area (TPSA) is 0 Å². The molecule has 19 heavy (non-hydrogen) atoms. The molecule has 0 amide bonds. The standard InChI is InChI=1S/C17H21B2/c1-3-5-6-15(4-2)16-7-9-17(10-8-16)19-13-11-18-12-14-19/h3-10H,1,11-14H2,2H3/b6-5-,15-4+. The minimum absolute atomic E-state index is 0.761. The first kappa shape index (κ1) is 14.0. The highest BCUT2D eigenvalue weighted by Gasteiger charge is 2.19. The summed E-state index contributed by atoms with van der Waals surface area (Å²) in [6, 6.07) is 9.10. The lowest BCUT2D eigenvalue weighted by atomic mass is 9.32. The van der Waals surface area contributed by atoms with Crippen molar-refractivity contribution in [1.82, 2.24) is 0 Å². The molecule has 0 nitrogen and oxygen atoms in total. The van der Waals surface area contributed by atoms with Crippen LogP contribution in [-0.2, 0) is 0 Å². The van der Waals surface area contributed by atoms with Crippen LogP contribution in [0.1, 0.15) is 12.5 Å². The molecule has 1 aliphatic heterocycles. The Bertz CT molecular complexity index is 463. The molecule has 95 valence electrons. The molecule has 0 unspecified atom stereocenters. The van der Waals surface area contributed by atoms with Gasteiger partial charge in [-0.3, -0.25) is 0 Å². The summed E-state index contributed by atoms with van der Waals surface area (Å²) in [7, 11) is 2.42. The molecule has 1 heterocycles. The van der Waals surface area contributed by atoms with Crippen molar-refractivity contribution in [3.05, 3.63) is 60.7 Å². The van der Waals surface area contributed by atoms with Gasteiger partial charge in [-0.25, -0.2) is 0 Å². The molecular weight excluding hydrogens is 226 g/mol. The first-order chi connectivity index (χ1) is 9.35. The number of rotatable bonds is 4. The van der Waals surface area contributed by atoms with Gasteiger partial charge in [-0.1, -0.05) is 85.9 Å². The fourth-order valence-corrected chi connectivity index (χ4v) is 2.74. The number of benzene rings is 1. The summed E-state index contributed by atoms with van der Waals surface area (Å²) in [5, 5.41) is 0. The van der Waals surface area contributed by atoms with Crippen molar-refractivity contribution in [1.29, 1.82) is 0 Å². The van der Waals surface area contributed by atoms with Crippen molar-refractivity contribution in [3.63, 3.8) is 0 Å². The maximum absolute atomic E-state index is 3.72. The van der Waals surface area contributed by atoms with Crippen molar-refractivity contribution in [2.24, 2.45) is 0 Å². The SMILES string of the molecule is C=C/C=C\C(=C/C)c1ccc(B2CC[B]CC2)cc1. The number of hydrogen-bond acceptors (Lipinski definition) is 0. The summed E-state index contributed by atoms with van der Waals surface area (Å²) in [6.07, 6.45) is 13.2. The van der Waals surface area contributed by atoms with Gasteiger partial charge < -0.3 is 0 Å². The Hall–Kier alpha value is -1.43. The molecule has 0 N–H and O–H groups in total. The van der Waals surface area contributed by atoms with Crippen molar-refractivity contribution in [2.45, 2.75) is 32.2 Å². The third-order valence-corrected chi connectivity index (χ3v) is 3.88. The molecule has 1 fully saturated rings. The van der Waals surface area contributed by atoms with Crippen LogP contribution >= 0.6 is 0 Å². The summed E-state index contributed by atoms with van der Waals surface area (Å²) in [4.78, 5) is 0. The molecule has 0 saturated carbocycles. The normalized spacial score (nSPS) is 16.5. The molecule has 1 radical (unpaired) electrons. The summed E-state index contributed by atoms with van der Waals surface area (Å²) in [5.41, 5.74) is 4.04. The summed E-state index contributed by atoms with van der Waals surface area (Å²) < 4.78 is 0. The van der Waals surface area contributed by atoms with E-state index >= 15 is 0 Å². The monoisotopic (exact) mass is 247 g/mol. The predicted molar refractivity (Wildman–Crippen MR) is 89.8 cm³/mol. The van der Waals surface area contributed by atoms with Crippen molar-refractivity contribution in [2.75, 3.05) is 0 Å². The van der Waals surface area contributed by atoms with Gasteiger partial charge >= 0.3 is 0 Å². The molecule has 0 atom stereocenters. The van der Waals surface area contributed by atoms with Crippen molar-refractivity contribution in [3.8, 4) is 0 Å². The van der Waals surface area contributed by atoms with Crippen LogP contribution in [0.25, 0.3) is 5.57 Å². The first-order valence-electron chi connectivity index (χ1n) is 7.22. The van der Waals surface area contributed by atoms with E-state index in [0.717, 1.165) is 6.71 Å². The van der Waals surface area contributed by atoms with E-state index < -0.39 is 0 Å². The quantitative estimate of drug-likeness (QED) is 0.555. The molecule has 1 aliphatic rings. The van der Waals surface area contributed by atoms with E-state index in [1.54, 1.807) is 0 Å². The zero-order valence-electron chi connectivity index (χ0n) is 11.8. The fraction of sp³-hybridized carbons (Fsp3) is 0.294. The van der Waals surface area contributed by atoms with Gasteiger partial charge in [-0.15, -0.1) is 0 Å². The average Bonchev–Trinajstić information content (AvgIpc) is 2.49. The Morgan fingerprint density at radius 3 is 2.47 bits per heavy atom. The van der Waals surface area contributed by atoms with Gasteiger partial charge in [0.2, 0.25) is 0 Å². The van der Waals surface area contributed by atoms with Crippen LogP contribution in [0.3, 0.4) is 0 Å². The minimum atomic E-state index is 0.761. The highest BCUT2D eigenvalue weighted by atomic mass is 14.0. The lowest BCUT2D eigenvalue weighted by Gasteiger charge is -2.18. The Balaban J connectivity index is 2.12. The average molecular weight is 247 g/mol. The Morgan fingerprint density at radius 2 is 1.89 bits per heavy atom. The first-order valence-corrected chi connectivity index (χ1v) is 7.22.